The predicted octanol–water partition coefficient (Wildman–Crippen LogP) is 13.1. The molecule has 0 radical (unpaired) electrons. The molecule has 0 aromatic heterocycles. The Labute approximate surface area is 289 Å². The average molecular weight is 630 g/mol. The lowest BCUT2D eigenvalue weighted by molar-refractivity contribution is 0.550. The van der Waals surface area contributed by atoms with E-state index in [9.17, 15) is 0 Å². The first kappa shape index (κ1) is 28.6. The van der Waals surface area contributed by atoms with Gasteiger partial charge in [-0.1, -0.05) is 142 Å². The molecule has 3 aliphatic carbocycles. The number of nitrogens with zero attached hydrogens (tertiary/aromatic N) is 1. The van der Waals surface area contributed by atoms with Gasteiger partial charge in [0.2, 0.25) is 0 Å². The molecule has 0 atom stereocenters. The van der Waals surface area contributed by atoms with Gasteiger partial charge in [-0.05, 0) is 116 Å². The molecule has 1 nitrogen and oxygen atoms in total. The number of anilines is 3. The first-order chi connectivity index (χ1) is 24.0. The van der Waals surface area contributed by atoms with Gasteiger partial charge >= 0.3 is 0 Å². The van der Waals surface area contributed by atoms with Crippen molar-refractivity contribution in [1.29, 1.82) is 0 Å². The Balaban J connectivity index is 1.17. The Kier molecular flexibility index (Phi) is 6.16. The Morgan fingerprint density at radius 2 is 1.02 bits per heavy atom. The van der Waals surface area contributed by atoms with E-state index in [1.165, 1.54) is 109 Å². The van der Waals surface area contributed by atoms with Gasteiger partial charge in [-0.25, -0.2) is 0 Å². The summed E-state index contributed by atoms with van der Waals surface area (Å²) in [6, 6.07) is 57.1. The quantitative estimate of drug-likeness (QED) is 0.187. The van der Waals surface area contributed by atoms with Crippen molar-refractivity contribution in [3.8, 4) is 33.4 Å². The second-order valence-corrected chi connectivity index (χ2v) is 14.9. The molecule has 1 fully saturated rings. The fourth-order valence-electron chi connectivity index (χ4n) is 9.76. The molecule has 236 valence electrons. The summed E-state index contributed by atoms with van der Waals surface area (Å²) in [7, 11) is 0. The third kappa shape index (κ3) is 4.12. The van der Waals surface area contributed by atoms with E-state index >= 15 is 0 Å². The van der Waals surface area contributed by atoms with Crippen molar-refractivity contribution in [2.24, 2.45) is 0 Å². The molecular formula is C48H39N. The number of rotatable bonds is 4. The maximum absolute atomic E-state index is 2.53. The van der Waals surface area contributed by atoms with E-state index in [0.717, 1.165) is 0 Å². The highest BCUT2D eigenvalue weighted by Crippen LogP contribution is 2.58. The van der Waals surface area contributed by atoms with Crippen molar-refractivity contribution in [1.82, 2.24) is 0 Å². The number of hydrogen-bond acceptors (Lipinski definition) is 1. The van der Waals surface area contributed by atoms with E-state index in [4.69, 9.17) is 0 Å². The SMILES string of the molecule is CC1(C)c2ccccc2-c2cccc(-c3cccc(N(c4ccc5c(c4)C4(CCCC4)c4ccccc4-5)c4ccc5ccccc5c4)c3)c21. The molecule has 0 bridgehead atoms. The fourth-order valence-corrected chi connectivity index (χ4v) is 9.76. The van der Waals surface area contributed by atoms with Crippen molar-refractivity contribution in [3.05, 3.63) is 174 Å². The van der Waals surface area contributed by atoms with Crippen LogP contribution in [0.1, 0.15) is 61.8 Å². The van der Waals surface area contributed by atoms with Gasteiger partial charge in [0.05, 0.1) is 0 Å². The van der Waals surface area contributed by atoms with Crippen LogP contribution in [0.3, 0.4) is 0 Å². The van der Waals surface area contributed by atoms with Gasteiger partial charge in [-0.15, -0.1) is 0 Å². The second-order valence-electron chi connectivity index (χ2n) is 14.9. The van der Waals surface area contributed by atoms with Crippen molar-refractivity contribution in [2.75, 3.05) is 4.90 Å². The average Bonchev–Trinajstić information content (AvgIpc) is 3.82. The molecule has 49 heavy (non-hydrogen) atoms. The molecule has 10 rings (SSSR count). The van der Waals surface area contributed by atoms with E-state index < -0.39 is 0 Å². The molecule has 1 saturated carbocycles. The molecule has 3 aliphatic rings. The fraction of sp³-hybridized carbons (Fsp3) is 0.167. The van der Waals surface area contributed by atoms with Gasteiger partial charge in [0.1, 0.15) is 0 Å². The predicted molar refractivity (Wildman–Crippen MR) is 206 cm³/mol. The minimum atomic E-state index is -0.0822. The zero-order chi connectivity index (χ0) is 32.7. The Morgan fingerprint density at radius 3 is 1.86 bits per heavy atom. The van der Waals surface area contributed by atoms with Gasteiger partial charge in [-0.2, -0.15) is 0 Å². The molecule has 1 spiro atoms. The Bertz CT molecular complexity index is 2440. The first-order valence-electron chi connectivity index (χ1n) is 17.9. The lowest BCUT2D eigenvalue weighted by Crippen LogP contribution is -2.21. The maximum atomic E-state index is 2.53. The van der Waals surface area contributed by atoms with E-state index in [0.29, 0.717) is 0 Å². The van der Waals surface area contributed by atoms with Crippen LogP contribution in [-0.4, -0.2) is 0 Å². The summed E-state index contributed by atoms with van der Waals surface area (Å²) in [6.45, 7) is 4.77. The van der Waals surface area contributed by atoms with Crippen molar-refractivity contribution >= 4 is 27.8 Å². The molecule has 0 amide bonds. The standard InChI is InChI=1S/C48H39N/c1-47(2)43-21-7-5-18-40(43)42-20-12-19-38(46(42)47)34-15-11-16-35(30-34)49(36-24-23-32-13-3-4-14-33(32)29-36)37-25-26-41-39-17-6-8-22-44(39)48(45(41)31-37)27-9-10-28-48/h3-8,11-26,29-31H,9-10,27-28H2,1-2H3. The van der Waals surface area contributed by atoms with Crippen LogP contribution in [0.15, 0.2) is 152 Å². The molecule has 1 heteroatoms. The molecule has 7 aromatic rings. The number of hydrogen-bond donors (Lipinski definition) is 0. The minimum Gasteiger partial charge on any atom is -0.310 e. The Morgan fingerprint density at radius 1 is 0.429 bits per heavy atom. The molecular weight excluding hydrogens is 591 g/mol. The van der Waals surface area contributed by atoms with E-state index in [2.05, 4.69) is 170 Å². The van der Waals surface area contributed by atoms with Crippen molar-refractivity contribution in [2.45, 2.75) is 50.4 Å². The van der Waals surface area contributed by atoms with Crippen LogP contribution >= 0.6 is 0 Å². The van der Waals surface area contributed by atoms with Gasteiger partial charge in [0.25, 0.3) is 0 Å². The molecule has 0 aliphatic heterocycles. The summed E-state index contributed by atoms with van der Waals surface area (Å²) in [5.74, 6) is 0. The monoisotopic (exact) mass is 629 g/mol. The Hall–Kier alpha value is -5.40. The topological polar surface area (TPSA) is 3.24 Å². The van der Waals surface area contributed by atoms with Gasteiger partial charge in [0, 0.05) is 27.9 Å². The highest BCUT2D eigenvalue weighted by Gasteiger charge is 2.45. The molecule has 7 aromatic carbocycles. The summed E-state index contributed by atoms with van der Waals surface area (Å²) >= 11 is 0. The van der Waals surface area contributed by atoms with Crippen LogP contribution in [-0.2, 0) is 10.8 Å². The largest absolute Gasteiger partial charge is 0.310 e. The third-order valence-corrected chi connectivity index (χ3v) is 12.0. The van der Waals surface area contributed by atoms with Crippen LogP contribution < -0.4 is 4.90 Å². The molecule has 0 unspecified atom stereocenters. The van der Waals surface area contributed by atoms with Crippen molar-refractivity contribution < 1.29 is 0 Å². The van der Waals surface area contributed by atoms with Gasteiger partial charge < -0.3 is 4.90 Å². The zero-order valence-electron chi connectivity index (χ0n) is 28.2. The number of benzene rings is 7. The van der Waals surface area contributed by atoms with Crippen LogP contribution in [0.4, 0.5) is 17.1 Å². The number of fused-ring (bicyclic) bond motifs is 9. The maximum Gasteiger partial charge on any atom is 0.0468 e. The lowest BCUT2D eigenvalue weighted by Gasteiger charge is -2.30. The summed E-state index contributed by atoms with van der Waals surface area (Å²) in [5.41, 5.74) is 17.6. The third-order valence-electron chi connectivity index (χ3n) is 12.0. The lowest BCUT2D eigenvalue weighted by atomic mass is 9.76. The molecule has 0 heterocycles. The summed E-state index contributed by atoms with van der Waals surface area (Å²) in [6.07, 6.45) is 5.03. The van der Waals surface area contributed by atoms with Gasteiger partial charge in [-0.3, -0.25) is 0 Å². The van der Waals surface area contributed by atoms with Crippen LogP contribution in [0.2, 0.25) is 0 Å². The van der Waals surface area contributed by atoms with E-state index in [-0.39, 0.29) is 10.8 Å². The van der Waals surface area contributed by atoms with Crippen LogP contribution in [0, 0.1) is 0 Å². The molecule has 0 N–H and O–H groups in total. The van der Waals surface area contributed by atoms with Crippen LogP contribution in [0.5, 0.6) is 0 Å². The van der Waals surface area contributed by atoms with E-state index in [1.807, 2.05) is 0 Å². The first-order valence-corrected chi connectivity index (χ1v) is 17.9. The highest BCUT2D eigenvalue weighted by atomic mass is 15.1. The smallest absolute Gasteiger partial charge is 0.0468 e. The normalized spacial score (nSPS) is 16.0. The minimum absolute atomic E-state index is 0.0822. The second kappa shape index (κ2) is 10.5. The highest BCUT2D eigenvalue weighted by molar-refractivity contribution is 5.93. The summed E-state index contributed by atoms with van der Waals surface area (Å²) in [5, 5.41) is 2.51. The van der Waals surface area contributed by atoms with Crippen LogP contribution in [0.25, 0.3) is 44.2 Å². The molecule has 0 saturated heterocycles. The summed E-state index contributed by atoms with van der Waals surface area (Å²) < 4.78 is 0. The van der Waals surface area contributed by atoms with Gasteiger partial charge in [0.15, 0.2) is 0 Å². The summed E-state index contributed by atoms with van der Waals surface area (Å²) in [4.78, 5) is 2.49. The zero-order valence-corrected chi connectivity index (χ0v) is 28.2. The van der Waals surface area contributed by atoms with Crippen molar-refractivity contribution in [3.63, 3.8) is 0 Å². The van der Waals surface area contributed by atoms with E-state index in [1.54, 1.807) is 0 Å².